The van der Waals surface area contributed by atoms with Crippen LogP contribution < -0.4 is 0 Å². The van der Waals surface area contributed by atoms with Crippen LogP contribution in [0.1, 0.15) is 0 Å². The molecule has 9 heteroatoms. The van der Waals surface area contributed by atoms with Gasteiger partial charge in [-0.15, -0.1) is 22.7 Å². The highest BCUT2D eigenvalue weighted by Gasteiger charge is 2.31. The number of fused-ring (bicyclic) bond motifs is 18. The van der Waals surface area contributed by atoms with Crippen molar-refractivity contribution >= 4 is 280 Å². The topological polar surface area (TPSA) is 42.7 Å². The third-order valence-electron chi connectivity index (χ3n) is 32.0. The molecule has 0 aliphatic heterocycles. The molecule has 147 heavy (non-hydrogen) atoms. The minimum atomic E-state index is 0.908. The van der Waals surface area contributed by atoms with Gasteiger partial charge in [0, 0.05) is 150 Å². The van der Waals surface area contributed by atoms with Gasteiger partial charge < -0.3 is 31.8 Å². The molecule has 0 aliphatic carbocycles. The summed E-state index contributed by atoms with van der Waals surface area (Å²) < 4.78 is 26.4. The van der Waals surface area contributed by atoms with E-state index < -0.39 is 0 Å². The second-order valence-corrected chi connectivity index (χ2v) is 41.5. The van der Waals surface area contributed by atoms with Gasteiger partial charge in [-0.2, -0.15) is 0 Å². The van der Waals surface area contributed by atoms with Crippen LogP contribution in [0.25, 0.3) is 314 Å². The van der Waals surface area contributed by atoms with Crippen molar-refractivity contribution < 1.29 is 4.42 Å². The van der Waals surface area contributed by atoms with Gasteiger partial charge in [-0.3, -0.25) is 0 Å². The molecule has 9 aromatic heterocycles. The minimum Gasteiger partial charge on any atom is -0.456 e. The fourth-order valence-corrected chi connectivity index (χ4v) is 28.5. The summed E-state index contributed by atoms with van der Waals surface area (Å²) in [5.41, 5.74) is 28.4. The second kappa shape index (κ2) is 30.8. The summed E-state index contributed by atoms with van der Waals surface area (Å²) >= 11 is 3.75. The summed E-state index contributed by atoms with van der Waals surface area (Å²) in [5, 5.41) is 38.7. The van der Waals surface area contributed by atoms with E-state index in [0.717, 1.165) is 33.2 Å². The Labute approximate surface area is 847 Å². The Morgan fingerprint density at radius 3 is 0.769 bits per heavy atom. The van der Waals surface area contributed by atoms with Gasteiger partial charge in [-0.25, -0.2) is 0 Å². The van der Waals surface area contributed by atoms with Gasteiger partial charge in [0.2, 0.25) is 0 Å². The molecule has 35 aromatic rings. The fraction of sp³-hybridized carbons (Fsp3) is 0. The van der Waals surface area contributed by atoms with Crippen molar-refractivity contribution in [2.45, 2.75) is 0 Å². The molecule has 0 aliphatic rings. The molecule has 0 saturated heterocycles. The summed E-state index contributed by atoms with van der Waals surface area (Å²) in [7, 11) is 0. The summed E-state index contributed by atoms with van der Waals surface area (Å²) in [6.07, 6.45) is 0. The van der Waals surface area contributed by atoms with E-state index in [9.17, 15) is 0 Å². The van der Waals surface area contributed by atoms with Gasteiger partial charge in [-0.05, 0) is 263 Å². The first-order chi connectivity index (χ1) is 73.0. The zero-order valence-corrected chi connectivity index (χ0v) is 80.7. The van der Waals surface area contributed by atoms with Crippen LogP contribution in [0.4, 0.5) is 0 Å². The first-order valence-corrected chi connectivity index (χ1v) is 52.1. The van der Waals surface area contributed by atoms with Gasteiger partial charge in [0.05, 0.1) is 66.2 Å². The summed E-state index contributed by atoms with van der Waals surface area (Å²) in [5.74, 6) is 0. The van der Waals surface area contributed by atoms with Crippen molar-refractivity contribution in [2.75, 3.05) is 0 Å². The van der Waals surface area contributed by atoms with Crippen LogP contribution >= 0.6 is 22.7 Å². The molecule has 0 spiro atoms. The molecule has 0 amide bonds. The number of hydrogen-bond acceptors (Lipinski definition) is 3. The van der Waals surface area contributed by atoms with E-state index in [4.69, 9.17) is 4.42 Å². The van der Waals surface area contributed by atoms with Crippen LogP contribution in [0.5, 0.6) is 0 Å². The molecule has 0 radical (unpaired) electrons. The Balaban J connectivity index is 0.0000000964. The number of rotatable bonds is 8. The Morgan fingerprint density at radius 1 is 0.129 bits per heavy atom. The molecule has 0 N–H and O–H groups in total. The predicted molar refractivity (Wildman–Crippen MR) is 628 cm³/mol. The van der Waals surface area contributed by atoms with E-state index in [1.807, 2.05) is 28.7 Å². The summed E-state index contributed by atoms with van der Waals surface area (Å²) in [4.78, 5) is 0. The number of thiophene rings is 2. The second-order valence-electron chi connectivity index (χ2n) is 39.3. The third-order valence-corrected chi connectivity index (χ3v) is 34.2. The summed E-state index contributed by atoms with van der Waals surface area (Å²) in [6, 6.07) is 179. The first-order valence-electron chi connectivity index (χ1n) is 50.5. The van der Waals surface area contributed by atoms with E-state index in [2.05, 4.69) is 507 Å². The lowest BCUT2D eigenvalue weighted by atomic mass is 9.95. The SMILES string of the molecule is c1ccc(-n2c3cccc4c5ccccc5c5cccc6c5c5c(c43)c2ccc5n6-c2ccc3c(c2)sc2ccccc23)cc1.c1ccc(-n2c3cccc4c5ccccc5c5cccc6c5c5c(c43)c2ccc5n6-c2cccc(-c3cccc4oc5ccccc5c34)c2)cc1.c1ccc(-n2c3cccc4c5ccccc5c5cccc6c5c5c(c43)c2ccc5n6-c2cccc(-c3cccc4sc5ccccc5c34)c2)cc1. The highest BCUT2D eigenvalue weighted by molar-refractivity contribution is 7.26. The normalized spacial score (nSPS) is 12.4. The van der Waals surface area contributed by atoms with E-state index in [1.165, 1.54) is 281 Å². The standard InChI is InChI=1S/C48H28N2O.C48H28N2S.C42H24N2S/c2*1-2-13-30(14-3-1)49-38-22-9-20-35-33-16-4-5-17-34(33)36-21-10-23-39-46(36)48-41(27-26-40(49)47(48)45(35)38)50(39)31-15-8-12-29(28-31)32-19-11-25-43-44(32)37-18-6-7-24-42(37)51-43;1-2-10-25(11-3-1)43-33-17-8-15-31-27-12-4-5-13-28(27)32-16-9-18-34-40(32)42-36(23-22-35(43)41(42)39(31)33)44(34)26-20-21-30-29-14-6-7-19-37(29)45-38(30)24-26/h2*1-28H;1-24H. The molecular weight excluding hydrogens is 1820 g/mol. The molecule has 0 fully saturated rings. The van der Waals surface area contributed by atoms with E-state index >= 15 is 0 Å². The lowest BCUT2D eigenvalue weighted by Gasteiger charge is -2.12. The first kappa shape index (κ1) is 80.7. The molecule has 680 valence electrons. The van der Waals surface area contributed by atoms with Crippen LogP contribution in [-0.2, 0) is 0 Å². The quantitative estimate of drug-likeness (QED) is 0.149. The monoisotopic (exact) mass is 1900 g/mol. The van der Waals surface area contributed by atoms with Gasteiger partial charge >= 0.3 is 0 Å². The minimum absolute atomic E-state index is 0.908. The number of aromatic nitrogens is 6. The number of nitrogens with zero attached hydrogens (tertiary/aromatic N) is 6. The lowest BCUT2D eigenvalue weighted by molar-refractivity contribution is 0.669. The molecule has 7 nitrogen and oxygen atoms in total. The largest absolute Gasteiger partial charge is 0.456 e. The van der Waals surface area contributed by atoms with Crippen molar-refractivity contribution in [2.24, 2.45) is 0 Å². The molecule has 0 atom stereocenters. The molecule has 0 unspecified atom stereocenters. The maximum Gasteiger partial charge on any atom is 0.136 e. The Kier molecular flexibility index (Phi) is 16.9. The van der Waals surface area contributed by atoms with Gasteiger partial charge in [0.25, 0.3) is 0 Å². The maximum absolute atomic E-state index is 6.29. The number of benzene rings is 23. The molecule has 0 bridgehead atoms. The number of furan rings is 1. The van der Waals surface area contributed by atoms with Crippen LogP contribution in [-0.4, -0.2) is 27.4 Å². The van der Waals surface area contributed by atoms with Gasteiger partial charge in [0.15, 0.2) is 0 Å². The highest BCUT2D eigenvalue weighted by atomic mass is 32.1. The zero-order chi connectivity index (χ0) is 95.6. The van der Waals surface area contributed by atoms with Crippen molar-refractivity contribution in [3.63, 3.8) is 0 Å². The van der Waals surface area contributed by atoms with Crippen molar-refractivity contribution in [1.29, 1.82) is 0 Å². The highest BCUT2D eigenvalue weighted by Crippen LogP contribution is 2.55. The van der Waals surface area contributed by atoms with Crippen LogP contribution in [0, 0.1) is 0 Å². The van der Waals surface area contributed by atoms with E-state index in [-0.39, 0.29) is 0 Å². The van der Waals surface area contributed by atoms with Crippen molar-refractivity contribution in [3.8, 4) is 56.4 Å². The molecule has 9 heterocycles. The van der Waals surface area contributed by atoms with Crippen molar-refractivity contribution in [3.05, 3.63) is 485 Å². The Bertz CT molecular complexity index is 11300. The van der Waals surface area contributed by atoms with Crippen LogP contribution in [0.2, 0.25) is 0 Å². The third kappa shape index (κ3) is 11.3. The van der Waals surface area contributed by atoms with Crippen LogP contribution in [0.3, 0.4) is 0 Å². The number of para-hydroxylation sites is 4. The lowest BCUT2D eigenvalue weighted by Crippen LogP contribution is -1.95. The average molecular weight is 1900 g/mol. The Hall–Kier alpha value is -18.9. The van der Waals surface area contributed by atoms with Gasteiger partial charge in [-0.1, -0.05) is 309 Å². The molecule has 35 rings (SSSR count). The van der Waals surface area contributed by atoms with Crippen molar-refractivity contribution in [1.82, 2.24) is 27.4 Å². The predicted octanol–water partition coefficient (Wildman–Crippen LogP) is 38.8. The maximum atomic E-state index is 6.29. The molecule has 26 aromatic carbocycles. The zero-order valence-electron chi connectivity index (χ0n) is 79.1. The molecule has 0 saturated carbocycles. The Morgan fingerprint density at radius 2 is 0.381 bits per heavy atom. The average Bonchev–Trinajstić information content (AvgIpc) is 1.53. The van der Waals surface area contributed by atoms with E-state index in [1.54, 1.807) is 0 Å². The molecular formula is C138H80N6OS2. The summed E-state index contributed by atoms with van der Waals surface area (Å²) in [6.45, 7) is 0. The fourth-order valence-electron chi connectivity index (χ4n) is 26.2. The smallest absolute Gasteiger partial charge is 0.136 e. The van der Waals surface area contributed by atoms with Crippen LogP contribution in [0.15, 0.2) is 490 Å². The number of hydrogen-bond donors (Lipinski definition) is 0. The van der Waals surface area contributed by atoms with Gasteiger partial charge in [0.1, 0.15) is 11.2 Å². The van der Waals surface area contributed by atoms with E-state index in [0.29, 0.717) is 0 Å².